The normalized spacial score (nSPS) is 30.3. The largest absolute Gasteiger partial charge is 0.416 e. The van der Waals surface area contributed by atoms with Crippen LogP contribution in [-0.2, 0) is 15.8 Å². The van der Waals surface area contributed by atoms with Gasteiger partial charge < -0.3 is 0 Å². The second-order valence-corrected chi connectivity index (χ2v) is 10.0. The maximum atomic E-state index is 13.5. The first kappa shape index (κ1) is 22.1. The maximum Gasteiger partial charge on any atom is 0.416 e. The quantitative estimate of drug-likeness (QED) is 0.472. The molecule has 3 fully saturated rings. The Bertz CT molecular complexity index is 1230. The lowest BCUT2D eigenvalue weighted by molar-refractivity contribution is -0.140. The van der Waals surface area contributed by atoms with Crippen LogP contribution in [0.15, 0.2) is 60.7 Å². The first-order chi connectivity index (χ1) is 16.6. The zero-order valence-corrected chi connectivity index (χ0v) is 18.9. The van der Waals surface area contributed by atoms with E-state index in [1.54, 1.807) is 24.3 Å². The molecule has 7 rings (SSSR count). The number of imide groups is 1. The molecule has 1 aliphatic heterocycles. The molecule has 8 heteroatoms. The number of hydrogen-bond acceptors (Lipinski definition) is 3. The summed E-state index contributed by atoms with van der Waals surface area (Å²) in [6.45, 7) is 1.43. The molecule has 180 valence electrons. The average molecular weight is 480 g/mol. The summed E-state index contributed by atoms with van der Waals surface area (Å²) in [5.41, 5.74) is 0.242. The second-order valence-electron chi connectivity index (χ2n) is 10.0. The Morgan fingerprint density at radius 3 is 2.14 bits per heavy atom. The first-order valence-electron chi connectivity index (χ1n) is 11.7. The van der Waals surface area contributed by atoms with Crippen LogP contribution in [0.3, 0.4) is 0 Å². The molecule has 2 aromatic carbocycles. The Kier molecular flexibility index (Phi) is 4.75. The number of carbonyl (C=O) groups excluding carboxylic acids is 3. The van der Waals surface area contributed by atoms with Gasteiger partial charge in [-0.3, -0.25) is 24.2 Å². The van der Waals surface area contributed by atoms with Crippen LogP contribution >= 0.6 is 0 Å². The van der Waals surface area contributed by atoms with Crippen molar-refractivity contribution in [1.29, 1.82) is 0 Å². The summed E-state index contributed by atoms with van der Waals surface area (Å²) >= 11 is 0. The van der Waals surface area contributed by atoms with Crippen LogP contribution < -0.4 is 4.90 Å². The average Bonchev–Trinajstić information content (AvgIpc) is 3.62. The molecule has 6 atom stereocenters. The molecule has 0 spiro atoms. The number of likely N-dealkylation sites (tertiary alicyclic amines) is 1. The minimum atomic E-state index is -4.60. The highest BCUT2D eigenvalue weighted by Crippen LogP contribution is 2.65. The van der Waals surface area contributed by atoms with Crippen molar-refractivity contribution in [3.05, 3.63) is 77.4 Å². The molecule has 0 N–H and O–H groups in total. The molecule has 0 radical (unpaired) electrons. The molecular weight excluding hydrogens is 457 g/mol. The summed E-state index contributed by atoms with van der Waals surface area (Å²) in [6.07, 6.45) is 0.528. The van der Waals surface area contributed by atoms with Crippen LogP contribution in [0.2, 0.25) is 0 Å². The Hall–Kier alpha value is -3.42. The van der Waals surface area contributed by atoms with Crippen LogP contribution in [0.4, 0.5) is 18.9 Å². The Morgan fingerprint density at radius 2 is 1.57 bits per heavy atom. The van der Waals surface area contributed by atoms with Crippen LogP contribution in [0, 0.1) is 42.4 Å². The number of benzene rings is 2. The highest BCUT2D eigenvalue weighted by atomic mass is 19.4. The van der Waals surface area contributed by atoms with Gasteiger partial charge in [-0.25, -0.2) is 0 Å². The molecule has 2 bridgehead atoms. The SMILES string of the molecule is Cc1ccc(C(=O)N(CN2C(=O)C3C4C=CC(C5CC45)C3C2=O)c2cccc(C(F)(F)F)c2)cc1. The van der Waals surface area contributed by atoms with Crippen molar-refractivity contribution in [3.63, 3.8) is 0 Å². The highest BCUT2D eigenvalue weighted by Gasteiger charge is 2.67. The first-order valence-corrected chi connectivity index (χ1v) is 11.7. The number of rotatable bonds is 4. The topological polar surface area (TPSA) is 57.7 Å². The molecule has 3 amide bonds. The van der Waals surface area contributed by atoms with Crippen molar-refractivity contribution >= 4 is 23.4 Å². The molecule has 5 nitrogen and oxygen atoms in total. The van der Waals surface area contributed by atoms with Crippen molar-refractivity contribution in [1.82, 2.24) is 4.90 Å². The second kappa shape index (κ2) is 7.54. The lowest BCUT2D eigenvalue weighted by Crippen LogP contribution is -2.45. The van der Waals surface area contributed by atoms with E-state index >= 15 is 0 Å². The molecule has 2 saturated carbocycles. The zero-order chi connectivity index (χ0) is 24.6. The fraction of sp³-hybridized carbons (Fsp3) is 0.370. The third-order valence-corrected chi connectivity index (χ3v) is 8.07. The van der Waals surface area contributed by atoms with E-state index < -0.39 is 36.2 Å². The van der Waals surface area contributed by atoms with E-state index in [0.29, 0.717) is 11.8 Å². The van der Waals surface area contributed by atoms with Gasteiger partial charge in [0.1, 0.15) is 6.67 Å². The third-order valence-electron chi connectivity index (χ3n) is 8.07. The monoisotopic (exact) mass is 480 g/mol. The number of nitrogens with zero attached hydrogens (tertiary/aromatic N) is 2. The maximum absolute atomic E-state index is 13.5. The highest BCUT2D eigenvalue weighted by molar-refractivity contribution is 6.10. The van der Waals surface area contributed by atoms with Gasteiger partial charge in [0.15, 0.2) is 0 Å². The van der Waals surface area contributed by atoms with E-state index in [9.17, 15) is 27.6 Å². The number of alkyl halides is 3. The third kappa shape index (κ3) is 3.41. The van der Waals surface area contributed by atoms with Gasteiger partial charge in [0, 0.05) is 11.3 Å². The van der Waals surface area contributed by atoms with Gasteiger partial charge in [-0.1, -0.05) is 35.9 Å². The van der Waals surface area contributed by atoms with E-state index in [-0.39, 0.29) is 34.9 Å². The molecule has 5 aliphatic rings. The van der Waals surface area contributed by atoms with Crippen molar-refractivity contribution < 1.29 is 27.6 Å². The van der Waals surface area contributed by atoms with Crippen LogP contribution in [0.25, 0.3) is 0 Å². The number of anilines is 1. The zero-order valence-electron chi connectivity index (χ0n) is 18.9. The summed E-state index contributed by atoms with van der Waals surface area (Å²) in [6, 6.07) is 11.0. The van der Waals surface area contributed by atoms with Crippen molar-refractivity contribution in [2.24, 2.45) is 35.5 Å². The minimum absolute atomic E-state index is 0.0197. The van der Waals surface area contributed by atoms with Crippen molar-refractivity contribution in [2.75, 3.05) is 11.6 Å². The molecule has 1 saturated heterocycles. The molecule has 1 heterocycles. The number of halogens is 3. The summed E-state index contributed by atoms with van der Waals surface area (Å²) in [7, 11) is 0. The van der Waals surface area contributed by atoms with Crippen LogP contribution in [-0.4, -0.2) is 29.3 Å². The summed E-state index contributed by atoms with van der Waals surface area (Å²) in [5.74, 6) is -1.25. The van der Waals surface area contributed by atoms with Gasteiger partial charge in [0.2, 0.25) is 11.8 Å². The molecule has 4 aliphatic carbocycles. The van der Waals surface area contributed by atoms with Crippen molar-refractivity contribution in [3.8, 4) is 0 Å². The van der Waals surface area contributed by atoms with Gasteiger partial charge in [-0.2, -0.15) is 13.2 Å². The van der Waals surface area contributed by atoms with Gasteiger partial charge in [-0.05, 0) is 67.3 Å². The minimum Gasteiger partial charge on any atom is -0.290 e. The fourth-order valence-corrected chi connectivity index (χ4v) is 6.26. The predicted octanol–water partition coefficient (Wildman–Crippen LogP) is 4.67. The molecule has 35 heavy (non-hydrogen) atoms. The number of carbonyl (C=O) groups is 3. The van der Waals surface area contributed by atoms with E-state index in [4.69, 9.17) is 0 Å². The number of hydrogen-bond donors (Lipinski definition) is 0. The van der Waals surface area contributed by atoms with Gasteiger partial charge in [0.05, 0.1) is 17.4 Å². The summed E-state index contributed by atoms with van der Waals surface area (Å²) in [5, 5.41) is 0. The molecule has 6 unspecified atom stereocenters. The van der Waals surface area contributed by atoms with E-state index in [2.05, 4.69) is 12.2 Å². The van der Waals surface area contributed by atoms with Crippen molar-refractivity contribution in [2.45, 2.75) is 19.5 Å². The Morgan fingerprint density at radius 1 is 0.971 bits per heavy atom. The van der Waals surface area contributed by atoms with E-state index in [1.807, 2.05) is 6.92 Å². The standard InChI is InChI=1S/C27H23F3N2O3/c1-14-5-7-15(8-6-14)24(33)31(17-4-2-3-16(11-17)27(28,29)30)13-32-25(34)22-18-9-10-19(21-12-20(18)21)23(22)26(32)35/h2-11,18-23H,12-13H2,1H3. The fourth-order valence-electron chi connectivity index (χ4n) is 6.26. The summed E-state index contributed by atoms with van der Waals surface area (Å²) in [4.78, 5) is 42.6. The van der Waals surface area contributed by atoms with Gasteiger partial charge in [-0.15, -0.1) is 0 Å². The van der Waals surface area contributed by atoms with Gasteiger partial charge in [0.25, 0.3) is 5.91 Å². The smallest absolute Gasteiger partial charge is 0.290 e. The van der Waals surface area contributed by atoms with E-state index in [1.165, 1.54) is 12.1 Å². The Labute approximate surface area is 200 Å². The summed E-state index contributed by atoms with van der Waals surface area (Å²) < 4.78 is 40.3. The van der Waals surface area contributed by atoms with Gasteiger partial charge >= 0.3 is 6.18 Å². The predicted molar refractivity (Wildman–Crippen MR) is 121 cm³/mol. The van der Waals surface area contributed by atoms with Crippen LogP contribution in [0.5, 0.6) is 0 Å². The molecule has 0 aromatic heterocycles. The van der Waals surface area contributed by atoms with Crippen LogP contribution in [0.1, 0.15) is 27.9 Å². The lowest BCUT2D eigenvalue weighted by Gasteiger charge is -2.37. The number of amides is 3. The number of allylic oxidation sites excluding steroid dienone is 2. The Balaban J connectivity index is 1.36. The van der Waals surface area contributed by atoms with E-state index in [0.717, 1.165) is 33.9 Å². The lowest BCUT2D eigenvalue weighted by atomic mass is 9.63. The molecule has 2 aromatic rings. The number of aryl methyl sites for hydroxylation is 1. The molecular formula is C27H23F3N2O3.